The second-order valence-corrected chi connectivity index (χ2v) is 30.2. The van der Waals surface area contributed by atoms with E-state index < -0.39 is 25.0 Å². The fourth-order valence-electron chi connectivity index (χ4n) is 9.93. The molecule has 0 radical (unpaired) electrons. The second-order valence-electron chi connectivity index (χ2n) is 16.8. The molecule has 4 fully saturated rings. The zero-order chi connectivity index (χ0) is 26.9. The van der Waals surface area contributed by atoms with Gasteiger partial charge in [0, 0.05) is 18.3 Å². The summed E-state index contributed by atoms with van der Waals surface area (Å²) in [4.78, 5) is 0. The summed E-state index contributed by atoms with van der Waals surface area (Å²) in [6.45, 7) is 29.2. The molecule has 210 valence electrons. The summed E-state index contributed by atoms with van der Waals surface area (Å²) in [6, 6.07) is 0. The fourth-order valence-corrected chi connectivity index (χ4v) is 13.6. The van der Waals surface area contributed by atoms with Gasteiger partial charge in [-0.25, -0.2) is 0 Å². The van der Waals surface area contributed by atoms with Crippen LogP contribution in [-0.4, -0.2) is 43.3 Å². The fraction of sp³-hybridized carbons (Fsp3) is 1.00. The Morgan fingerprint density at radius 1 is 0.722 bits per heavy atom. The first kappa shape index (κ1) is 29.5. The van der Waals surface area contributed by atoms with Crippen molar-refractivity contribution >= 4 is 25.0 Å². The van der Waals surface area contributed by atoms with Crippen LogP contribution in [-0.2, 0) is 13.3 Å². The molecule has 3 nitrogen and oxygen atoms in total. The third-order valence-electron chi connectivity index (χ3n) is 10.7. The van der Waals surface area contributed by atoms with Crippen molar-refractivity contribution in [2.45, 2.75) is 149 Å². The highest BCUT2D eigenvalue weighted by Gasteiger charge is 2.64. The molecule has 0 spiro atoms. The predicted molar refractivity (Wildman–Crippen MR) is 161 cm³/mol. The molecule has 0 heterocycles. The normalized spacial score (nSPS) is 44.5. The molecule has 0 aromatic heterocycles. The molecule has 0 bridgehead atoms. The minimum absolute atomic E-state index is 0.353. The van der Waals surface area contributed by atoms with E-state index in [9.17, 15) is 0 Å². The Bertz CT molecular complexity index is 784. The number of hydrogen-bond donors (Lipinski definition) is 0. The summed E-state index contributed by atoms with van der Waals surface area (Å²) in [5.74, 6) is 3.87. The van der Waals surface area contributed by atoms with Crippen molar-refractivity contribution in [2.75, 3.05) is 0 Å². The molecule has 36 heavy (non-hydrogen) atoms. The molecule has 4 aliphatic rings. The highest BCUT2D eigenvalue weighted by Crippen LogP contribution is 2.68. The van der Waals surface area contributed by atoms with Crippen LogP contribution in [0.15, 0.2) is 0 Å². The third-order valence-corrected chi connectivity index (χ3v) is 13.9. The minimum atomic E-state index is -1.66. The van der Waals surface area contributed by atoms with E-state index in [2.05, 4.69) is 79.7 Å². The Morgan fingerprint density at radius 3 is 1.94 bits per heavy atom. The van der Waals surface area contributed by atoms with E-state index in [0.717, 1.165) is 23.7 Å². The quantitative estimate of drug-likeness (QED) is 0.295. The van der Waals surface area contributed by atoms with Gasteiger partial charge in [0.25, 0.3) is 0 Å². The number of fused-ring (bicyclic) bond motifs is 5. The molecule has 6 heteroatoms. The van der Waals surface area contributed by atoms with Crippen LogP contribution >= 0.6 is 0 Å². The Morgan fingerprint density at radius 2 is 1.36 bits per heavy atom. The highest BCUT2D eigenvalue weighted by atomic mass is 28.4. The van der Waals surface area contributed by atoms with E-state index >= 15 is 0 Å². The first-order chi connectivity index (χ1) is 16.3. The van der Waals surface area contributed by atoms with Gasteiger partial charge in [-0.2, -0.15) is 0 Å². The summed E-state index contributed by atoms with van der Waals surface area (Å²) >= 11 is 0. The van der Waals surface area contributed by atoms with Gasteiger partial charge in [-0.15, -0.1) is 0 Å². The Kier molecular flexibility index (Phi) is 8.09. The molecule has 0 N–H and O–H groups in total. The van der Waals surface area contributed by atoms with Crippen molar-refractivity contribution in [1.29, 1.82) is 0 Å². The molecule has 3 unspecified atom stereocenters. The van der Waals surface area contributed by atoms with Crippen LogP contribution in [0.4, 0.5) is 0 Å². The molecule has 4 saturated carbocycles. The van der Waals surface area contributed by atoms with Gasteiger partial charge in [0.15, 0.2) is 25.0 Å². The summed E-state index contributed by atoms with van der Waals surface area (Å²) in [5.41, 5.74) is 0.762. The SMILES string of the molecule is C[C@H](O[Si](C)(C)C)[C@H]1CCC2C3CC[C@H]4C[C@H](O[Si](C)(C)C)CC[C@]4(C)C3[C@@H](O[Si](C)(C)C)C[C@@]21C. The van der Waals surface area contributed by atoms with Gasteiger partial charge in [-0.3, -0.25) is 0 Å². The molecule has 4 rings (SSSR count). The Labute approximate surface area is 227 Å². The van der Waals surface area contributed by atoms with Crippen LogP contribution in [0.5, 0.6) is 0 Å². The maximum Gasteiger partial charge on any atom is 0.184 e. The zero-order valence-corrected chi connectivity index (χ0v) is 29.0. The highest BCUT2D eigenvalue weighted by molar-refractivity contribution is 6.70. The largest absolute Gasteiger partial charge is 0.415 e. The van der Waals surface area contributed by atoms with Crippen LogP contribution in [0.3, 0.4) is 0 Å². The van der Waals surface area contributed by atoms with E-state index in [1.807, 2.05) is 0 Å². The topological polar surface area (TPSA) is 27.7 Å². The average Bonchev–Trinajstić information content (AvgIpc) is 3.01. The summed E-state index contributed by atoms with van der Waals surface area (Å²) in [5, 5.41) is 0. The monoisotopic (exact) mass is 552 g/mol. The van der Waals surface area contributed by atoms with E-state index in [-0.39, 0.29) is 0 Å². The van der Waals surface area contributed by atoms with Gasteiger partial charge in [0.2, 0.25) is 0 Å². The smallest absolute Gasteiger partial charge is 0.184 e. The van der Waals surface area contributed by atoms with Crippen LogP contribution in [0.1, 0.15) is 72.1 Å². The standard InChI is InChI=1S/C30H60O3Si3/c1-21(31-34(4,5)6)25-15-16-26-24-14-13-22-19-23(32-35(7,8)9)17-18-29(22,2)28(24)27(20-30(25,26)3)33-36(10,11)12/h21-28H,13-20H2,1-12H3/t21-,22-,23+,24?,25+,26?,27-,28?,29-,30+/m0/s1. The van der Waals surface area contributed by atoms with E-state index in [0.29, 0.717) is 35.1 Å². The van der Waals surface area contributed by atoms with Crippen molar-refractivity contribution in [3.05, 3.63) is 0 Å². The molecule has 0 saturated heterocycles. The first-order valence-corrected chi connectivity index (χ1v) is 25.6. The van der Waals surface area contributed by atoms with Crippen molar-refractivity contribution in [2.24, 2.45) is 40.4 Å². The van der Waals surface area contributed by atoms with E-state index in [4.69, 9.17) is 13.3 Å². The molecular weight excluding hydrogens is 493 g/mol. The molecular formula is C30H60O3Si3. The Balaban J connectivity index is 1.63. The van der Waals surface area contributed by atoms with Crippen LogP contribution in [0.25, 0.3) is 0 Å². The summed E-state index contributed by atoms with van der Waals surface area (Å²) in [7, 11) is -4.72. The number of hydrogen-bond acceptors (Lipinski definition) is 3. The van der Waals surface area contributed by atoms with Crippen molar-refractivity contribution in [3.63, 3.8) is 0 Å². The maximum atomic E-state index is 7.25. The van der Waals surface area contributed by atoms with Crippen molar-refractivity contribution in [3.8, 4) is 0 Å². The lowest BCUT2D eigenvalue weighted by Gasteiger charge is -2.64. The van der Waals surface area contributed by atoms with Gasteiger partial charge >= 0.3 is 0 Å². The lowest BCUT2D eigenvalue weighted by molar-refractivity contribution is -0.175. The first-order valence-electron chi connectivity index (χ1n) is 15.4. The molecule has 10 atom stereocenters. The van der Waals surface area contributed by atoms with Gasteiger partial charge in [0.1, 0.15) is 0 Å². The van der Waals surface area contributed by atoms with Crippen molar-refractivity contribution < 1.29 is 13.3 Å². The van der Waals surface area contributed by atoms with Gasteiger partial charge in [-0.05, 0) is 158 Å². The van der Waals surface area contributed by atoms with Gasteiger partial charge in [0.05, 0.1) is 0 Å². The average molecular weight is 553 g/mol. The molecule has 4 aliphatic carbocycles. The van der Waals surface area contributed by atoms with Crippen LogP contribution < -0.4 is 0 Å². The molecule has 0 aliphatic heterocycles. The summed E-state index contributed by atoms with van der Waals surface area (Å²) < 4.78 is 20.7. The molecule has 0 amide bonds. The number of rotatable bonds is 7. The van der Waals surface area contributed by atoms with E-state index in [1.54, 1.807) is 0 Å². The Hall–Kier alpha value is 0.531. The van der Waals surface area contributed by atoms with Crippen LogP contribution in [0, 0.1) is 40.4 Å². The zero-order valence-electron chi connectivity index (χ0n) is 26.0. The summed E-state index contributed by atoms with van der Waals surface area (Å²) in [6.07, 6.45) is 12.0. The van der Waals surface area contributed by atoms with Gasteiger partial charge < -0.3 is 13.3 Å². The molecule has 0 aromatic carbocycles. The van der Waals surface area contributed by atoms with Crippen molar-refractivity contribution in [1.82, 2.24) is 0 Å². The van der Waals surface area contributed by atoms with E-state index in [1.165, 1.54) is 51.4 Å². The lowest BCUT2D eigenvalue weighted by Crippen LogP contribution is -2.61. The lowest BCUT2D eigenvalue weighted by atomic mass is 9.44. The minimum Gasteiger partial charge on any atom is -0.415 e. The van der Waals surface area contributed by atoms with Gasteiger partial charge in [-0.1, -0.05) is 13.8 Å². The third kappa shape index (κ3) is 5.99. The van der Waals surface area contributed by atoms with Crippen LogP contribution in [0.2, 0.25) is 58.9 Å². The molecule has 0 aromatic rings. The maximum absolute atomic E-state index is 7.25. The second kappa shape index (κ2) is 9.87. The predicted octanol–water partition coefficient (Wildman–Crippen LogP) is 8.94.